The van der Waals surface area contributed by atoms with E-state index in [4.69, 9.17) is 4.42 Å². The Morgan fingerprint density at radius 2 is 1.41 bits per heavy atom. The highest BCUT2D eigenvalue weighted by atomic mass is 16.3. The fraction of sp³-hybridized carbons (Fsp3) is 0.0476. The SMILES string of the molecule is Cc1c(-c2ccccc2)cccc1-c1cc2ccccc2o1. The first kappa shape index (κ1) is 12.9. The minimum atomic E-state index is 0.927. The van der Waals surface area contributed by atoms with E-state index in [0.717, 1.165) is 22.3 Å². The van der Waals surface area contributed by atoms with Crippen molar-refractivity contribution < 1.29 is 4.42 Å². The summed E-state index contributed by atoms with van der Waals surface area (Å²) in [5.74, 6) is 0.927. The van der Waals surface area contributed by atoms with Crippen LogP contribution < -0.4 is 0 Å². The lowest BCUT2D eigenvalue weighted by atomic mass is 9.95. The first-order valence-electron chi connectivity index (χ1n) is 7.47. The average Bonchev–Trinajstić information content (AvgIpc) is 2.99. The number of para-hydroxylation sites is 1. The molecule has 106 valence electrons. The third kappa shape index (κ3) is 2.11. The van der Waals surface area contributed by atoms with Gasteiger partial charge in [-0.3, -0.25) is 0 Å². The smallest absolute Gasteiger partial charge is 0.135 e. The van der Waals surface area contributed by atoms with Crippen molar-refractivity contribution >= 4 is 11.0 Å². The Morgan fingerprint density at radius 3 is 2.23 bits per heavy atom. The summed E-state index contributed by atoms with van der Waals surface area (Å²) >= 11 is 0. The quantitative estimate of drug-likeness (QED) is 0.435. The van der Waals surface area contributed by atoms with Crippen molar-refractivity contribution in [3.05, 3.63) is 84.4 Å². The molecule has 0 aliphatic carbocycles. The molecule has 4 rings (SSSR count). The summed E-state index contributed by atoms with van der Waals surface area (Å²) in [5.41, 5.74) is 5.81. The Morgan fingerprint density at radius 1 is 0.682 bits per heavy atom. The van der Waals surface area contributed by atoms with E-state index in [2.05, 4.69) is 61.5 Å². The van der Waals surface area contributed by atoms with Gasteiger partial charge in [0.1, 0.15) is 11.3 Å². The molecular formula is C21H16O. The van der Waals surface area contributed by atoms with Crippen LogP contribution >= 0.6 is 0 Å². The highest BCUT2D eigenvalue weighted by Gasteiger charge is 2.11. The molecule has 0 saturated heterocycles. The molecule has 0 saturated carbocycles. The Bertz CT molecular complexity index is 899. The highest BCUT2D eigenvalue weighted by molar-refractivity contribution is 5.85. The minimum absolute atomic E-state index is 0.927. The van der Waals surface area contributed by atoms with Gasteiger partial charge in [-0.25, -0.2) is 0 Å². The van der Waals surface area contributed by atoms with Crippen molar-refractivity contribution in [1.29, 1.82) is 0 Å². The third-order valence-electron chi connectivity index (χ3n) is 4.11. The van der Waals surface area contributed by atoms with Crippen LogP contribution in [0.25, 0.3) is 33.4 Å². The first-order chi connectivity index (χ1) is 10.8. The normalized spacial score (nSPS) is 11.0. The molecule has 1 heteroatoms. The van der Waals surface area contributed by atoms with Gasteiger partial charge in [0.2, 0.25) is 0 Å². The summed E-state index contributed by atoms with van der Waals surface area (Å²) in [6.45, 7) is 2.16. The number of hydrogen-bond donors (Lipinski definition) is 0. The van der Waals surface area contributed by atoms with Crippen molar-refractivity contribution in [1.82, 2.24) is 0 Å². The third-order valence-corrected chi connectivity index (χ3v) is 4.11. The van der Waals surface area contributed by atoms with Gasteiger partial charge in [0, 0.05) is 10.9 Å². The Labute approximate surface area is 129 Å². The number of fused-ring (bicyclic) bond motifs is 1. The van der Waals surface area contributed by atoms with E-state index in [1.165, 1.54) is 16.7 Å². The van der Waals surface area contributed by atoms with Crippen LogP contribution in [0.5, 0.6) is 0 Å². The van der Waals surface area contributed by atoms with Crippen LogP contribution in [0.4, 0.5) is 0 Å². The monoisotopic (exact) mass is 284 g/mol. The molecule has 1 heterocycles. The fourth-order valence-electron chi connectivity index (χ4n) is 2.95. The van der Waals surface area contributed by atoms with Gasteiger partial charge < -0.3 is 4.42 Å². The summed E-state index contributed by atoms with van der Waals surface area (Å²) in [6.07, 6.45) is 0. The molecule has 0 amide bonds. The van der Waals surface area contributed by atoms with E-state index in [-0.39, 0.29) is 0 Å². The largest absolute Gasteiger partial charge is 0.456 e. The molecule has 0 aliphatic rings. The molecule has 0 bridgehead atoms. The lowest BCUT2D eigenvalue weighted by Crippen LogP contribution is -1.87. The number of benzene rings is 3. The van der Waals surface area contributed by atoms with E-state index >= 15 is 0 Å². The second-order valence-electron chi connectivity index (χ2n) is 5.49. The zero-order valence-corrected chi connectivity index (χ0v) is 12.4. The minimum Gasteiger partial charge on any atom is -0.456 e. The summed E-state index contributed by atoms with van der Waals surface area (Å²) < 4.78 is 6.03. The standard InChI is InChI=1S/C21H16O/c1-15-18(16-8-3-2-4-9-16)11-7-12-19(15)21-14-17-10-5-6-13-20(17)22-21/h2-14H,1H3. The second kappa shape index (κ2) is 5.19. The predicted octanol–water partition coefficient (Wildman–Crippen LogP) is 6.08. The molecule has 1 aromatic heterocycles. The summed E-state index contributed by atoms with van der Waals surface area (Å²) in [4.78, 5) is 0. The maximum absolute atomic E-state index is 6.03. The number of rotatable bonds is 2. The molecule has 0 unspecified atom stereocenters. The molecule has 1 nitrogen and oxygen atoms in total. The number of furan rings is 1. The summed E-state index contributed by atoms with van der Waals surface area (Å²) in [7, 11) is 0. The molecule has 0 N–H and O–H groups in total. The van der Waals surface area contributed by atoms with Crippen LogP contribution in [0.15, 0.2) is 83.3 Å². The first-order valence-corrected chi connectivity index (χ1v) is 7.47. The van der Waals surface area contributed by atoms with Gasteiger partial charge >= 0.3 is 0 Å². The van der Waals surface area contributed by atoms with Gasteiger partial charge in [-0.05, 0) is 35.7 Å². The molecule has 0 fully saturated rings. The van der Waals surface area contributed by atoms with Gasteiger partial charge in [0.15, 0.2) is 0 Å². The fourth-order valence-corrected chi connectivity index (χ4v) is 2.95. The van der Waals surface area contributed by atoms with Gasteiger partial charge in [0.25, 0.3) is 0 Å². The van der Waals surface area contributed by atoms with Crippen molar-refractivity contribution in [3.63, 3.8) is 0 Å². The van der Waals surface area contributed by atoms with E-state index in [9.17, 15) is 0 Å². The molecule has 0 spiro atoms. The molecule has 0 radical (unpaired) electrons. The van der Waals surface area contributed by atoms with E-state index < -0.39 is 0 Å². The van der Waals surface area contributed by atoms with Gasteiger partial charge in [-0.2, -0.15) is 0 Å². The summed E-state index contributed by atoms with van der Waals surface area (Å²) in [5, 5.41) is 1.14. The zero-order chi connectivity index (χ0) is 14.9. The molecule has 22 heavy (non-hydrogen) atoms. The van der Waals surface area contributed by atoms with Gasteiger partial charge in [-0.15, -0.1) is 0 Å². The average molecular weight is 284 g/mol. The van der Waals surface area contributed by atoms with E-state index in [1.54, 1.807) is 0 Å². The molecule has 3 aromatic carbocycles. The Hall–Kier alpha value is -2.80. The zero-order valence-electron chi connectivity index (χ0n) is 12.4. The van der Waals surface area contributed by atoms with Crippen molar-refractivity contribution in [2.24, 2.45) is 0 Å². The maximum Gasteiger partial charge on any atom is 0.135 e. The van der Waals surface area contributed by atoms with Gasteiger partial charge in [0.05, 0.1) is 0 Å². The lowest BCUT2D eigenvalue weighted by Gasteiger charge is -2.09. The maximum atomic E-state index is 6.03. The van der Waals surface area contributed by atoms with Crippen LogP contribution in [0, 0.1) is 6.92 Å². The molecular weight excluding hydrogens is 268 g/mol. The van der Waals surface area contributed by atoms with Gasteiger partial charge in [-0.1, -0.05) is 66.7 Å². The van der Waals surface area contributed by atoms with Crippen LogP contribution in [0.3, 0.4) is 0 Å². The Kier molecular flexibility index (Phi) is 3.05. The molecule has 0 atom stereocenters. The molecule has 0 aliphatic heterocycles. The van der Waals surface area contributed by atoms with E-state index in [1.807, 2.05) is 24.3 Å². The van der Waals surface area contributed by atoms with Crippen molar-refractivity contribution in [3.8, 4) is 22.5 Å². The van der Waals surface area contributed by atoms with Crippen LogP contribution in [0.1, 0.15) is 5.56 Å². The van der Waals surface area contributed by atoms with Crippen LogP contribution in [0.2, 0.25) is 0 Å². The summed E-state index contributed by atoms with van der Waals surface area (Å²) in [6, 6.07) is 27.1. The Balaban J connectivity index is 1.89. The second-order valence-corrected chi connectivity index (χ2v) is 5.49. The van der Waals surface area contributed by atoms with Crippen molar-refractivity contribution in [2.45, 2.75) is 6.92 Å². The number of hydrogen-bond acceptors (Lipinski definition) is 1. The predicted molar refractivity (Wildman–Crippen MR) is 91.8 cm³/mol. The van der Waals surface area contributed by atoms with Crippen LogP contribution in [-0.4, -0.2) is 0 Å². The lowest BCUT2D eigenvalue weighted by molar-refractivity contribution is 0.631. The molecule has 4 aromatic rings. The highest BCUT2D eigenvalue weighted by Crippen LogP contribution is 2.34. The van der Waals surface area contributed by atoms with Crippen LogP contribution in [-0.2, 0) is 0 Å². The topological polar surface area (TPSA) is 13.1 Å². The van der Waals surface area contributed by atoms with E-state index in [0.29, 0.717) is 0 Å². The van der Waals surface area contributed by atoms with Crippen molar-refractivity contribution in [2.75, 3.05) is 0 Å².